The van der Waals surface area contributed by atoms with Crippen molar-refractivity contribution < 1.29 is 37.0 Å². The molecular weight excluding hydrogens is 169 g/mol. The topological polar surface area (TPSA) is 134 Å². The zero-order valence-electron chi connectivity index (χ0n) is 4.98. The number of hydrogen-bond donors (Lipinski definition) is 3. The Morgan fingerprint density at radius 2 is 1.33 bits per heavy atom. The number of quaternary nitrogens is 1. The fourth-order valence-corrected chi connectivity index (χ4v) is 0. The van der Waals surface area contributed by atoms with Crippen LogP contribution in [0.4, 0.5) is 0 Å². The first kappa shape index (κ1) is 16.0. The van der Waals surface area contributed by atoms with E-state index in [0.717, 1.165) is 0 Å². The Hall–Kier alpha value is 0.0244. The number of aliphatic hydroxyl groups excluding tert-OH is 2. The molecule has 0 aliphatic rings. The zero-order chi connectivity index (χ0) is 6.99. The second kappa shape index (κ2) is 15.7. The molecule has 0 amide bonds. The molecule has 9 heavy (non-hydrogen) atoms. The van der Waals surface area contributed by atoms with Gasteiger partial charge in [0, 0.05) is 0 Å². The maximum atomic E-state index is 8.56. The van der Waals surface area contributed by atoms with Gasteiger partial charge in [0.15, 0.2) is 0 Å². The molecule has 0 aromatic rings. The summed E-state index contributed by atoms with van der Waals surface area (Å²) in [4.78, 5) is 0. The van der Waals surface area contributed by atoms with Gasteiger partial charge in [-0.05, 0) is 0 Å². The fraction of sp³-hybridized carbons (Fsp3) is 1.00. The third kappa shape index (κ3) is 278. The molecule has 0 rings (SSSR count). The van der Waals surface area contributed by atoms with Crippen molar-refractivity contribution in [2.75, 3.05) is 13.2 Å². The van der Waals surface area contributed by atoms with E-state index in [1.165, 1.54) is 0 Å². The molecule has 0 aliphatic heterocycles. The van der Waals surface area contributed by atoms with E-state index in [1.807, 2.05) is 0 Å². The van der Waals surface area contributed by atoms with Gasteiger partial charge in [0.25, 0.3) is 0 Å². The number of aliphatic hydroxyl groups is 2. The van der Waals surface area contributed by atoms with Crippen LogP contribution in [0.25, 0.3) is 0 Å². The molecule has 0 spiro atoms. The van der Waals surface area contributed by atoms with Crippen molar-refractivity contribution in [2.24, 2.45) is 0 Å². The summed E-state index contributed by atoms with van der Waals surface area (Å²) in [5.74, 6) is 0. The predicted octanol–water partition coefficient (Wildman–Crippen LogP) is -2.08. The van der Waals surface area contributed by atoms with E-state index in [4.69, 9.17) is 21.6 Å². The van der Waals surface area contributed by atoms with Gasteiger partial charge in [-0.25, -0.2) is 0 Å². The summed E-state index contributed by atoms with van der Waals surface area (Å²) in [5, 5.41) is 15.2. The standard InChI is InChI=1S/C2H6O2.H3N.3O.V/c3-1-2-4;;;;;/h3-4H,1-2H2;1H3;;;;/q;;;;-1;/p+1. The summed E-state index contributed by atoms with van der Waals surface area (Å²) < 4.78 is 25.7. The Kier molecular flexibility index (Phi) is 27.9. The first-order valence-electron chi connectivity index (χ1n) is 1.68. The van der Waals surface area contributed by atoms with Crippen molar-refractivity contribution in [3.05, 3.63) is 0 Å². The van der Waals surface area contributed by atoms with Crippen molar-refractivity contribution in [2.45, 2.75) is 0 Å². The van der Waals surface area contributed by atoms with E-state index in [1.54, 1.807) is 0 Å². The van der Waals surface area contributed by atoms with Crippen molar-refractivity contribution in [3.8, 4) is 0 Å². The molecule has 0 atom stereocenters. The van der Waals surface area contributed by atoms with E-state index in [-0.39, 0.29) is 19.4 Å². The quantitative estimate of drug-likeness (QED) is 0.424. The van der Waals surface area contributed by atoms with E-state index in [0.29, 0.717) is 0 Å². The molecule has 58 valence electrons. The molecule has 0 heterocycles. The molecule has 0 radical (unpaired) electrons. The molecule has 0 saturated heterocycles. The van der Waals surface area contributed by atoms with Crippen LogP contribution in [0, 0.1) is 0 Å². The van der Waals surface area contributed by atoms with Crippen LogP contribution in [0.15, 0.2) is 0 Å². The van der Waals surface area contributed by atoms with Crippen LogP contribution in [0.1, 0.15) is 0 Å². The van der Waals surface area contributed by atoms with Crippen LogP contribution in [0.2, 0.25) is 0 Å². The molecule has 0 aromatic carbocycles. The Morgan fingerprint density at radius 1 is 1.22 bits per heavy atom. The summed E-state index contributed by atoms with van der Waals surface area (Å²) in [6.45, 7) is -0.250. The van der Waals surface area contributed by atoms with Gasteiger partial charge in [-0.2, -0.15) is 0 Å². The molecular formula is C2H10NO5V. The van der Waals surface area contributed by atoms with Gasteiger partial charge in [0.05, 0.1) is 13.2 Å². The molecule has 0 aromatic heterocycles. The van der Waals surface area contributed by atoms with Gasteiger partial charge < -0.3 is 16.4 Å². The van der Waals surface area contributed by atoms with E-state index < -0.39 is 15.4 Å². The van der Waals surface area contributed by atoms with Gasteiger partial charge in [-0.3, -0.25) is 0 Å². The van der Waals surface area contributed by atoms with E-state index in [9.17, 15) is 0 Å². The molecule has 0 unspecified atom stereocenters. The summed E-state index contributed by atoms with van der Waals surface area (Å²) in [5.41, 5.74) is 0. The van der Waals surface area contributed by atoms with Crippen molar-refractivity contribution in [3.63, 3.8) is 0 Å². The molecule has 0 bridgehead atoms. The van der Waals surface area contributed by atoms with Crippen LogP contribution >= 0.6 is 0 Å². The van der Waals surface area contributed by atoms with Crippen molar-refractivity contribution in [1.29, 1.82) is 0 Å². The Bertz CT molecular complexity index is 81.0. The first-order valence-corrected chi connectivity index (χ1v) is 3.39. The second-order valence-corrected chi connectivity index (χ2v) is 1.37. The molecule has 0 saturated carbocycles. The summed E-state index contributed by atoms with van der Waals surface area (Å²) >= 11 is -3.94. The van der Waals surface area contributed by atoms with E-state index >= 15 is 0 Å². The van der Waals surface area contributed by atoms with Gasteiger partial charge >= 0.3 is 26.8 Å². The minimum atomic E-state index is -3.94. The first-order chi connectivity index (χ1) is 3.65. The van der Waals surface area contributed by atoms with Crippen molar-refractivity contribution >= 4 is 0 Å². The molecule has 0 aliphatic carbocycles. The van der Waals surface area contributed by atoms with Gasteiger partial charge in [-0.1, -0.05) is 0 Å². The summed E-state index contributed by atoms with van der Waals surface area (Å²) in [6, 6.07) is 0. The average Bonchev–Trinajstić information content (AvgIpc) is 1.65. The van der Waals surface area contributed by atoms with E-state index in [2.05, 4.69) is 0 Å². The second-order valence-electron chi connectivity index (χ2n) is 0.671. The Morgan fingerprint density at radius 3 is 1.33 bits per heavy atom. The summed E-state index contributed by atoms with van der Waals surface area (Å²) in [7, 11) is 0. The van der Waals surface area contributed by atoms with Crippen LogP contribution < -0.4 is 10.2 Å². The van der Waals surface area contributed by atoms with Crippen LogP contribution in [0.5, 0.6) is 0 Å². The predicted molar refractivity (Wildman–Crippen MR) is 21.5 cm³/mol. The Labute approximate surface area is 57.1 Å². The summed E-state index contributed by atoms with van der Waals surface area (Å²) in [6.07, 6.45) is 0. The SMILES string of the molecule is OCCO.[NH4+].[O]=[V](=[O])[O-]. The van der Waals surface area contributed by atoms with Gasteiger partial charge in [-0.15, -0.1) is 0 Å². The average molecular weight is 179 g/mol. The van der Waals surface area contributed by atoms with Crippen LogP contribution in [-0.2, 0) is 22.7 Å². The normalized spacial score (nSPS) is 6.11. The zero-order valence-corrected chi connectivity index (χ0v) is 6.38. The monoisotopic (exact) mass is 179 g/mol. The fourth-order valence-electron chi connectivity index (χ4n) is 0. The third-order valence-corrected chi connectivity index (χ3v) is 0.1000. The van der Waals surface area contributed by atoms with Crippen LogP contribution in [0.3, 0.4) is 0 Å². The Balaban J connectivity index is -0.0000000720. The molecule has 6 nitrogen and oxygen atoms in total. The molecule has 6 N–H and O–H groups in total. The third-order valence-electron chi connectivity index (χ3n) is 0.1000. The number of hydrogen-bond acceptors (Lipinski definition) is 5. The van der Waals surface area contributed by atoms with Crippen LogP contribution in [-0.4, -0.2) is 23.4 Å². The number of rotatable bonds is 1. The molecule has 7 heteroatoms. The molecule has 0 fully saturated rings. The van der Waals surface area contributed by atoms with Gasteiger partial charge in [0.1, 0.15) is 0 Å². The van der Waals surface area contributed by atoms with Crippen molar-refractivity contribution in [1.82, 2.24) is 6.15 Å². The van der Waals surface area contributed by atoms with Gasteiger partial charge in [0.2, 0.25) is 0 Å². The maximum absolute atomic E-state index is 8.56. The minimum absolute atomic E-state index is 0.